The van der Waals surface area contributed by atoms with E-state index >= 15 is 0 Å². The summed E-state index contributed by atoms with van der Waals surface area (Å²) in [5, 5.41) is 6.43. The van der Waals surface area contributed by atoms with Crippen molar-refractivity contribution in [1.29, 1.82) is 0 Å². The number of aliphatic imine (C=N–C) groups is 1. The van der Waals surface area contributed by atoms with Gasteiger partial charge in [0.25, 0.3) is 5.91 Å². The maximum Gasteiger partial charge on any atom is 0.253 e. The SMILES string of the molecule is CN=C(NCCc1cccc(C(=O)N(C)C)c1)NCCS(=O)C(C)(C)C.I. The Morgan fingerprint density at radius 3 is 2.37 bits per heavy atom. The number of benzene rings is 1. The molecule has 1 unspecified atom stereocenters. The molecule has 1 aromatic rings. The number of rotatable bonds is 7. The number of nitrogens with one attached hydrogen (secondary N) is 2. The highest BCUT2D eigenvalue weighted by Crippen LogP contribution is 2.10. The number of nitrogens with zero attached hydrogens (tertiary/aromatic N) is 2. The summed E-state index contributed by atoms with van der Waals surface area (Å²) in [7, 11) is 4.33. The topological polar surface area (TPSA) is 73.8 Å². The summed E-state index contributed by atoms with van der Waals surface area (Å²) in [6.07, 6.45) is 0.781. The summed E-state index contributed by atoms with van der Waals surface area (Å²) in [5.41, 5.74) is 1.79. The summed E-state index contributed by atoms with van der Waals surface area (Å²) < 4.78 is 11.8. The fraction of sp³-hybridized carbons (Fsp3) is 0.579. The van der Waals surface area contributed by atoms with Gasteiger partial charge in [-0.2, -0.15) is 0 Å². The van der Waals surface area contributed by atoms with Gasteiger partial charge in [0.2, 0.25) is 0 Å². The van der Waals surface area contributed by atoms with Crippen LogP contribution in [0.25, 0.3) is 0 Å². The quantitative estimate of drug-likeness (QED) is 0.337. The van der Waals surface area contributed by atoms with Crippen LogP contribution in [0.4, 0.5) is 0 Å². The first-order valence-corrected chi connectivity index (χ1v) is 10.1. The van der Waals surface area contributed by atoms with Crippen LogP contribution in [-0.2, 0) is 17.2 Å². The maximum absolute atomic E-state index is 12.0. The number of carbonyl (C=O) groups is 1. The normalized spacial score (nSPS) is 12.7. The predicted octanol–water partition coefficient (Wildman–Crippen LogP) is 2.26. The van der Waals surface area contributed by atoms with E-state index in [4.69, 9.17) is 0 Å². The first kappa shape index (κ1) is 25.8. The van der Waals surface area contributed by atoms with Gasteiger partial charge in [0.1, 0.15) is 0 Å². The number of amides is 1. The number of halogens is 1. The highest BCUT2D eigenvalue weighted by molar-refractivity contribution is 14.0. The van der Waals surface area contributed by atoms with Crippen molar-refractivity contribution in [3.05, 3.63) is 35.4 Å². The summed E-state index contributed by atoms with van der Waals surface area (Å²) >= 11 is 0. The zero-order valence-electron chi connectivity index (χ0n) is 17.2. The lowest BCUT2D eigenvalue weighted by Gasteiger charge is -2.18. The van der Waals surface area contributed by atoms with Gasteiger partial charge in [-0.15, -0.1) is 24.0 Å². The third-order valence-corrected chi connectivity index (χ3v) is 5.71. The van der Waals surface area contributed by atoms with Crippen LogP contribution in [0.3, 0.4) is 0 Å². The van der Waals surface area contributed by atoms with Crippen LogP contribution in [-0.4, -0.2) is 65.7 Å². The van der Waals surface area contributed by atoms with E-state index in [2.05, 4.69) is 15.6 Å². The van der Waals surface area contributed by atoms with Crippen LogP contribution in [0, 0.1) is 0 Å². The Hall–Kier alpha value is -1.16. The Labute approximate surface area is 183 Å². The molecule has 0 saturated heterocycles. The smallest absolute Gasteiger partial charge is 0.253 e. The number of hydrogen-bond donors (Lipinski definition) is 2. The average Bonchev–Trinajstić information content (AvgIpc) is 2.58. The van der Waals surface area contributed by atoms with Crippen molar-refractivity contribution >= 4 is 46.6 Å². The Morgan fingerprint density at radius 2 is 1.81 bits per heavy atom. The first-order valence-electron chi connectivity index (χ1n) is 8.78. The van der Waals surface area contributed by atoms with Crippen molar-refractivity contribution < 1.29 is 9.00 Å². The van der Waals surface area contributed by atoms with E-state index in [0.717, 1.165) is 12.0 Å². The lowest BCUT2D eigenvalue weighted by Crippen LogP contribution is -2.41. The number of guanidine groups is 1. The van der Waals surface area contributed by atoms with Crippen LogP contribution in [0.1, 0.15) is 36.7 Å². The molecule has 1 aromatic carbocycles. The van der Waals surface area contributed by atoms with Crippen LogP contribution in [0.15, 0.2) is 29.3 Å². The van der Waals surface area contributed by atoms with Crippen molar-refractivity contribution in [1.82, 2.24) is 15.5 Å². The minimum atomic E-state index is -0.883. The second-order valence-electron chi connectivity index (χ2n) is 7.24. The van der Waals surface area contributed by atoms with Gasteiger partial charge in [-0.25, -0.2) is 0 Å². The van der Waals surface area contributed by atoms with Gasteiger partial charge in [-0.1, -0.05) is 12.1 Å². The molecule has 1 atom stereocenters. The highest BCUT2D eigenvalue weighted by Gasteiger charge is 2.18. The van der Waals surface area contributed by atoms with Crippen LogP contribution in [0.5, 0.6) is 0 Å². The van der Waals surface area contributed by atoms with E-state index in [1.165, 1.54) is 0 Å². The van der Waals surface area contributed by atoms with Gasteiger partial charge < -0.3 is 15.5 Å². The molecule has 1 rings (SSSR count). The molecular formula is C19H33IN4O2S. The van der Waals surface area contributed by atoms with Crippen LogP contribution < -0.4 is 10.6 Å². The lowest BCUT2D eigenvalue weighted by molar-refractivity contribution is 0.0827. The summed E-state index contributed by atoms with van der Waals surface area (Å²) in [6, 6.07) is 7.67. The van der Waals surface area contributed by atoms with Gasteiger partial charge >= 0.3 is 0 Å². The average molecular weight is 508 g/mol. The van der Waals surface area contributed by atoms with Crippen molar-refractivity contribution in [2.45, 2.75) is 31.9 Å². The molecule has 1 amide bonds. The van der Waals surface area contributed by atoms with E-state index in [1.54, 1.807) is 26.0 Å². The summed E-state index contributed by atoms with van der Waals surface area (Å²) in [4.78, 5) is 17.8. The molecule has 0 aliphatic heterocycles. The Kier molecular flexibility index (Phi) is 11.8. The monoisotopic (exact) mass is 508 g/mol. The maximum atomic E-state index is 12.0. The zero-order valence-corrected chi connectivity index (χ0v) is 20.3. The van der Waals surface area contributed by atoms with E-state index in [0.29, 0.717) is 30.4 Å². The largest absolute Gasteiger partial charge is 0.356 e. The first-order chi connectivity index (χ1) is 12.1. The summed E-state index contributed by atoms with van der Waals surface area (Å²) in [6.45, 7) is 7.24. The molecule has 6 nitrogen and oxygen atoms in total. The van der Waals surface area contributed by atoms with Crippen molar-refractivity contribution in [2.75, 3.05) is 40.0 Å². The molecule has 0 aromatic heterocycles. The number of carbonyl (C=O) groups excluding carboxylic acids is 1. The number of hydrogen-bond acceptors (Lipinski definition) is 3. The Bertz CT molecular complexity index is 657. The molecule has 0 radical (unpaired) electrons. The Morgan fingerprint density at radius 1 is 1.19 bits per heavy atom. The highest BCUT2D eigenvalue weighted by atomic mass is 127. The van der Waals surface area contributed by atoms with E-state index in [-0.39, 0.29) is 34.6 Å². The van der Waals surface area contributed by atoms with Gasteiger partial charge in [0.05, 0.1) is 0 Å². The van der Waals surface area contributed by atoms with Gasteiger partial charge in [0, 0.05) is 61.1 Å². The van der Waals surface area contributed by atoms with Gasteiger partial charge in [-0.05, 0) is 44.9 Å². The fourth-order valence-electron chi connectivity index (χ4n) is 2.23. The molecule has 0 aliphatic carbocycles. The minimum absolute atomic E-state index is 0. The standard InChI is InChI=1S/C19H32N4O2S.HI/c1-19(2,3)26(25)13-12-22-18(20-4)21-11-10-15-8-7-9-16(14-15)17(24)23(5)6;/h7-9,14H,10-13H2,1-6H3,(H2,20,21,22);1H. The molecule has 0 heterocycles. The minimum Gasteiger partial charge on any atom is -0.356 e. The molecule has 8 heteroatoms. The molecule has 27 heavy (non-hydrogen) atoms. The third kappa shape index (κ3) is 9.55. The van der Waals surface area contributed by atoms with Crippen LogP contribution in [0.2, 0.25) is 0 Å². The van der Waals surface area contributed by atoms with Crippen molar-refractivity contribution in [3.63, 3.8) is 0 Å². The van der Waals surface area contributed by atoms with Crippen LogP contribution >= 0.6 is 24.0 Å². The molecular weight excluding hydrogens is 475 g/mol. The lowest BCUT2D eigenvalue weighted by atomic mass is 10.1. The van der Waals surface area contributed by atoms with Gasteiger partial charge in [0.15, 0.2) is 5.96 Å². The summed E-state index contributed by atoms with van der Waals surface area (Å²) in [5.74, 6) is 1.28. The Balaban J connectivity index is 0.00000676. The molecule has 0 spiro atoms. The van der Waals surface area contributed by atoms with Crippen molar-refractivity contribution in [3.8, 4) is 0 Å². The molecule has 0 saturated carbocycles. The molecule has 0 aliphatic rings. The molecule has 154 valence electrons. The van der Waals surface area contributed by atoms with E-state index in [9.17, 15) is 9.00 Å². The fourth-order valence-corrected chi connectivity index (χ4v) is 3.13. The second kappa shape index (κ2) is 12.3. The molecule has 0 bridgehead atoms. The zero-order chi connectivity index (χ0) is 19.7. The second-order valence-corrected chi connectivity index (χ2v) is 9.56. The van der Waals surface area contributed by atoms with Gasteiger partial charge in [-0.3, -0.25) is 14.0 Å². The predicted molar refractivity (Wildman–Crippen MR) is 126 cm³/mol. The van der Waals surface area contributed by atoms with Crippen molar-refractivity contribution in [2.24, 2.45) is 4.99 Å². The molecule has 0 fully saturated rings. The van der Waals surface area contributed by atoms with E-state index < -0.39 is 10.8 Å². The van der Waals surface area contributed by atoms with E-state index in [1.807, 2.05) is 45.0 Å². The third-order valence-electron chi connectivity index (χ3n) is 3.77. The molecule has 2 N–H and O–H groups in total.